The van der Waals surface area contributed by atoms with Crippen LogP contribution in [0.1, 0.15) is 83.1 Å². The van der Waals surface area contributed by atoms with Gasteiger partial charge in [-0.1, -0.05) is 101 Å². The molecule has 0 saturated heterocycles. The average Bonchev–Trinajstić information content (AvgIpc) is 2.73. The first kappa shape index (κ1) is 29.0. The summed E-state index contributed by atoms with van der Waals surface area (Å²) in [7, 11) is -4.35. The first-order valence-corrected chi connectivity index (χ1v) is 12.9. The predicted octanol–water partition coefficient (Wildman–Crippen LogP) is 3.66. The fourth-order valence-corrected chi connectivity index (χ4v) is 4.13. The number of rotatable bonds is 15. The van der Waals surface area contributed by atoms with Crippen LogP contribution in [-0.2, 0) is 16.5 Å². The topological polar surface area (TPSA) is 86.7 Å². The molecule has 0 spiro atoms. The van der Waals surface area contributed by atoms with E-state index in [0.29, 0.717) is 5.75 Å². The fraction of sp³-hybridized carbons (Fsp3) is 0.520. The minimum Gasteiger partial charge on any atom is -0.870 e. The van der Waals surface area contributed by atoms with Crippen molar-refractivity contribution in [1.29, 1.82) is 0 Å². The molecule has 0 aliphatic carbocycles. The third-order valence-corrected chi connectivity index (χ3v) is 6.30. The normalized spacial score (nSPS) is 11.2. The Bertz CT molecular complexity index is 899. The number of benzene rings is 2. The maximum atomic E-state index is 12.0. The number of hydrogen-bond donors (Lipinski definition) is 1. The minimum atomic E-state index is -4.35. The second kappa shape index (κ2) is 15.7. The van der Waals surface area contributed by atoms with E-state index in [1.54, 1.807) is 24.3 Å². The van der Waals surface area contributed by atoms with Crippen molar-refractivity contribution >= 4 is 10.1 Å². The molecule has 0 aliphatic rings. The standard InChI is InChI=1S/C25H36O5S.Na/c1-2-3-4-5-6-7-8-9-10-11-12-15-21-18-19-22(31(27,28)29)20-25(21)30-24-17-14-13-16-23(24)26;/h13-14,16-20,26H,2-12,15H2,1H3,(H,27,28,29);/q;+1/p-1. The van der Waals surface area contributed by atoms with Gasteiger partial charge in [-0.2, -0.15) is 8.42 Å². The number of ether oxygens (including phenoxy) is 1. The van der Waals surface area contributed by atoms with Crippen molar-refractivity contribution in [3.63, 3.8) is 0 Å². The monoisotopic (exact) mass is 470 g/mol. The zero-order valence-corrected chi connectivity index (χ0v) is 22.3. The summed E-state index contributed by atoms with van der Waals surface area (Å²) in [5, 5.41) is 12.0. The van der Waals surface area contributed by atoms with Gasteiger partial charge in [0.25, 0.3) is 10.1 Å². The van der Waals surface area contributed by atoms with E-state index in [0.717, 1.165) is 24.8 Å². The molecule has 0 aromatic heterocycles. The molecule has 1 N–H and O–H groups in total. The molecule has 0 unspecified atom stereocenters. The van der Waals surface area contributed by atoms with E-state index in [9.17, 15) is 18.1 Å². The number of hydrogen-bond acceptors (Lipinski definition) is 4. The molecule has 0 heterocycles. The van der Waals surface area contributed by atoms with E-state index in [4.69, 9.17) is 4.74 Å². The van der Waals surface area contributed by atoms with Crippen LogP contribution in [0.3, 0.4) is 0 Å². The van der Waals surface area contributed by atoms with Gasteiger partial charge in [-0.15, -0.1) is 0 Å². The van der Waals surface area contributed by atoms with Crippen molar-refractivity contribution in [2.45, 2.75) is 88.9 Å². The molecule has 0 amide bonds. The number of para-hydroxylation sites is 2. The van der Waals surface area contributed by atoms with Crippen LogP contribution in [0.25, 0.3) is 0 Å². The summed E-state index contributed by atoms with van der Waals surface area (Å²) in [6, 6.07) is 10.6. The van der Waals surface area contributed by atoms with Crippen LogP contribution in [-0.4, -0.2) is 13.0 Å². The quantitative estimate of drug-likeness (QED) is 0.244. The average molecular weight is 471 g/mol. The van der Waals surface area contributed by atoms with Gasteiger partial charge in [0.15, 0.2) is 0 Å². The fourth-order valence-electron chi connectivity index (χ4n) is 3.63. The van der Waals surface area contributed by atoms with Gasteiger partial charge in [0.05, 0.1) is 4.90 Å². The number of aryl methyl sites for hydroxylation is 1. The van der Waals surface area contributed by atoms with E-state index < -0.39 is 10.1 Å². The van der Waals surface area contributed by atoms with E-state index >= 15 is 0 Å². The van der Waals surface area contributed by atoms with Gasteiger partial charge < -0.3 is 9.84 Å². The van der Waals surface area contributed by atoms with Crippen molar-refractivity contribution in [2.24, 2.45) is 0 Å². The minimum absolute atomic E-state index is 0. The zero-order valence-electron chi connectivity index (χ0n) is 19.5. The molecule has 0 radical (unpaired) electrons. The molecule has 7 heteroatoms. The first-order chi connectivity index (χ1) is 14.9. The van der Waals surface area contributed by atoms with Crippen molar-refractivity contribution in [3.05, 3.63) is 48.0 Å². The van der Waals surface area contributed by atoms with Gasteiger partial charge in [0.2, 0.25) is 0 Å². The molecule has 5 nitrogen and oxygen atoms in total. The molecule has 0 saturated carbocycles. The van der Waals surface area contributed by atoms with Crippen LogP contribution in [0.5, 0.6) is 17.2 Å². The van der Waals surface area contributed by atoms with Crippen molar-refractivity contribution in [1.82, 2.24) is 0 Å². The Morgan fingerprint density at radius 1 is 0.812 bits per heavy atom. The Morgan fingerprint density at radius 2 is 1.38 bits per heavy atom. The Labute approximate surface area is 215 Å². The van der Waals surface area contributed by atoms with Crippen LogP contribution in [0.2, 0.25) is 0 Å². The third-order valence-electron chi connectivity index (χ3n) is 5.46. The zero-order chi connectivity index (χ0) is 22.5. The smallest absolute Gasteiger partial charge is 0.870 e. The van der Waals surface area contributed by atoms with Crippen LogP contribution in [0.15, 0.2) is 47.4 Å². The maximum Gasteiger partial charge on any atom is 1.00 e. The predicted molar refractivity (Wildman–Crippen MR) is 122 cm³/mol. The van der Waals surface area contributed by atoms with Crippen LogP contribution < -0.4 is 39.4 Å². The van der Waals surface area contributed by atoms with E-state index in [1.807, 2.05) is 0 Å². The molecular formula is C25H35NaO5S. The summed E-state index contributed by atoms with van der Waals surface area (Å²) in [5.74, 6) is 0.154. The van der Waals surface area contributed by atoms with Crippen LogP contribution >= 0.6 is 0 Å². The second-order valence-electron chi connectivity index (χ2n) is 8.08. The van der Waals surface area contributed by atoms with Crippen LogP contribution in [0.4, 0.5) is 0 Å². The first-order valence-electron chi connectivity index (χ1n) is 11.5. The van der Waals surface area contributed by atoms with Crippen molar-refractivity contribution in [3.8, 4) is 17.2 Å². The summed E-state index contributed by atoms with van der Waals surface area (Å²) in [6.45, 7) is 2.24. The Balaban J connectivity index is 0.00000512. The molecule has 32 heavy (non-hydrogen) atoms. The third kappa shape index (κ3) is 10.7. The van der Waals surface area contributed by atoms with Gasteiger partial charge in [-0.25, -0.2) is 0 Å². The Kier molecular flexibility index (Phi) is 14.2. The van der Waals surface area contributed by atoms with E-state index in [-0.39, 0.29) is 46.0 Å². The molecule has 2 aromatic rings. The second-order valence-corrected chi connectivity index (χ2v) is 9.50. The van der Waals surface area contributed by atoms with Crippen LogP contribution in [0, 0.1) is 0 Å². The van der Waals surface area contributed by atoms with Crippen molar-refractivity contribution in [2.75, 3.05) is 0 Å². The largest absolute Gasteiger partial charge is 1.00 e. The summed E-state index contributed by atoms with van der Waals surface area (Å²) < 4.78 is 38.1. The summed E-state index contributed by atoms with van der Waals surface area (Å²) >= 11 is 0. The summed E-state index contributed by atoms with van der Waals surface area (Å²) in [5.41, 5.74) is 0.826. The van der Waals surface area contributed by atoms with Gasteiger partial charge in [-0.3, -0.25) is 4.55 Å². The van der Waals surface area contributed by atoms with E-state index in [2.05, 4.69) is 6.92 Å². The molecule has 2 rings (SSSR count). The van der Waals surface area contributed by atoms with E-state index in [1.165, 1.54) is 76.0 Å². The van der Waals surface area contributed by atoms with Crippen molar-refractivity contribution < 1.29 is 52.4 Å². The molecule has 172 valence electrons. The van der Waals surface area contributed by atoms with Gasteiger partial charge >= 0.3 is 29.6 Å². The summed E-state index contributed by atoms with van der Waals surface area (Å²) in [6.07, 6.45) is 14.5. The molecule has 0 fully saturated rings. The van der Waals surface area contributed by atoms with Gasteiger partial charge in [-0.05, 0) is 30.5 Å². The number of unbranched alkanes of at least 4 members (excludes halogenated alkanes) is 10. The molecule has 0 aliphatic heterocycles. The SMILES string of the molecule is CCCCCCCCCCCCCc1ccc(S(=O)(=O)O)cc1Oc1ccccc1[O-].[Na+]. The summed E-state index contributed by atoms with van der Waals surface area (Å²) in [4.78, 5) is -0.242. The van der Waals surface area contributed by atoms with Gasteiger partial charge in [0.1, 0.15) is 11.5 Å². The van der Waals surface area contributed by atoms with Gasteiger partial charge in [0, 0.05) is 6.07 Å². The Hall–Kier alpha value is -1.05. The maximum absolute atomic E-state index is 12.0. The molecule has 2 aromatic carbocycles. The molecular weight excluding hydrogens is 435 g/mol. The Morgan fingerprint density at radius 3 is 1.94 bits per heavy atom. The molecule has 0 atom stereocenters. The molecule has 0 bridgehead atoms.